The first kappa shape index (κ1) is 25.9. The maximum Gasteiger partial charge on any atom is 0.408 e. The number of nitrogens with one attached hydrogen (secondary N) is 1. The summed E-state index contributed by atoms with van der Waals surface area (Å²) < 4.78 is 5.27. The van der Waals surface area contributed by atoms with E-state index in [1.165, 1.54) is 0 Å². The summed E-state index contributed by atoms with van der Waals surface area (Å²) in [6.45, 7) is -0.00745. The molecule has 3 rings (SSSR count). The maximum atomic E-state index is 13.6. The molecule has 9 nitrogen and oxygen atoms in total. The second-order valence-corrected chi connectivity index (χ2v) is 7.97. The van der Waals surface area contributed by atoms with E-state index in [0.717, 1.165) is 22.4 Å². The number of nitrogens with zero attached hydrogens (tertiary/aromatic N) is 3. The molecule has 3 aromatic rings. The Kier molecular flexibility index (Phi) is 9.50. The molecule has 0 unspecified atom stereocenters. The van der Waals surface area contributed by atoms with Gasteiger partial charge in [-0.2, -0.15) is 4.90 Å². The van der Waals surface area contributed by atoms with Crippen LogP contribution in [0.5, 0.6) is 0 Å². The molecule has 0 aliphatic rings. The number of carbonyl (C=O) groups excluding carboxylic acids is 2. The normalized spacial score (nSPS) is 11.9. The molecule has 9 heteroatoms. The molecule has 0 fully saturated rings. The Morgan fingerprint density at radius 1 is 0.861 bits per heavy atom. The van der Waals surface area contributed by atoms with Crippen LogP contribution in [0.15, 0.2) is 91.0 Å². The van der Waals surface area contributed by atoms with Crippen LogP contribution in [0.4, 0.5) is 4.79 Å². The summed E-state index contributed by atoms with van der Waals surface area (Å²) in [6.07, 6.45) is -0.0687. The van der Waals surface area contributed by atoms with Crippen molar-refractivity contribution in [3.63, 3.8) is 0 Å². The first-order chi connectivity index (χ1) is 17.5. The van der Waals surface area contributed by atoms with Crippen molar-refractivity contribution in [1.29, 1.82) is 0 Å². The molecule has 2 atom stereocenters. The second kappa shape index (κ2) is 13.2. The number of ether oxygens (including phenoxy) is 1. The van der Waals surface area contributed by atoms with Crippen LogP contribution in [-0.2, 0) is 33.8 Å². The van der Waals surface area contributed by atoms with Gasteiger partial charge in [0.2, 0.25) is 6.04 Å². The molecule has 0 heterocycles. The molecule has 36 heavy (non-hydrogen) atoms. The third-order valence-electron chi connectivity index (χ3n) is 5.41. The van der Waals surface area contributed by atoms with Crippen LogP contribution in [0, 0.1) is 0 Å². The zero-order chi connectivity index (χ0) is 25.8. The minimum Gasteiger partial charge on any atom is -0.498 e. The summed E-state index contributed by atoms with van der Waals surface area (Å²) >= 11 is 0. The highest BCUT2D eigenvalue weighted by atomic mass is 16.5. The Labute approximate surface area is 208 Å². The van der Waals surface area contributed by atoms with Gasteiger partial charge >= 0.3 is 24.3 Å². The summed E-state index contributed by atoms with van der Waals surface area (Å²) in [4.78, 5) is 42.0. The standard InChI is InChI=1S/C27H26N4O5/c28-29-19-31(24(26(33)34)17-21-12-6-2-7-13-21)25(32)23(16-20-10-4-1-5-11-20)30-27(35)36-18-22-14-8-3-9-15-22/h1-15,19,23-24H,16-18H2,(H,30,35)(H,33,34)/t23-,24-/m0/s1. The summed E-state index contributed by atoms with van der Waals surface area (Å²) in [5.74, 6) is -2.06. The van der Waals surface area contributed by atoms with Crippen LogP contribution >= 0.6 is 0 Å². The van der Waals surface area contributed by atoms with E-state index in [2.05, 4.69) is 10.1 Å². The molecule has 0 bridgehead atoms. The number of hydrogen-bond donors (Lipinski definition) is 2. The number of carbonyl (C=O) groups is 3. The first-order valence-corrected chi connectivity index (χ1v) is 11.3. The molecule has 0 aliphatic carbocycles. The van der Waals surface area contributed by atoms with Crippen LogP contribution in [0.25, 0.3) is 5.53 Å². The van der Waals surface area contributed by atoms with Crippen LogP contribution in [-0.4, -0.2) is 51.2 Å². The first-order valence-electron chi connectivity index (χ1n) is 11.3. The maximum absolute atomic E-state index is 13.6. The lowest BCUT2D eigenvalue weighted by Gasteiger charge is -2.23. The Morgan fingerprint density at radius 2 is 1.36 bits per heavy atom. The minimum absolute atomic E-state index is 0.00745. The number of carboxylic acids is 1. The van der Waals surface area contributed by atoms with E-state index in [9.17, 15) is 25.0 Å². The molecule has 184 valence electrons. The van der Waals surface area contributed by atoms with Crippen molar-refractivity contribution in [3.8, 4) is 0 Å². The monoisotopic (exact) mass is 486 g/mol. The molecule has 0 saturated heterocycles. The molecule has 2 N–H and O–H groups in total. The van der Waals surface area contributed by atoms with E-state index in [1.807, 2.05) is 24.3 Å². The van der Waals surface area contributed by atoms with Crippen molar-refractivity contribution < 1.29 is 29.0 Å². The number of hydrogen-bond acceptors (Lipinski definition) is 4. The largest absolute Gasteiger partial charge is 0.498 e. The molecule has 0 saturated carbocycles. The fourth-order valence-electron chi connectivity index (χ4n) is 3.63. The summed E-state index contributed by atoms with van der Waals surface area (Å²) in [5, 5.41) is 12.4. The summed E-state index contributed by atoms with van der Waals surface area (Å²) in [7, 11) is 0. The molecule has 2 amide bonds. The van der Waals surface area contributed by atoms with Crippen LogP contribution in [0.2, 0.25) is 0 Å². The van der Waals surface area contributed by atoms with Gasteiger partial charge in [-0.1, -0.05) is 91.0 Å². The highest BCUT2D eigenvalue weighted by Crippen LogP contribution is 2.13. The van der Waals surface area contributed by atoms with Gasteiger partial charge in [0.05, 0.1) is 0 Å². The average molecular weight is 487 g/mol. The lowest BCUT2D eigenvalue weighted by molar-refractivity contribution is -0.149. The van der Waals surface area contributed by atoms with Crippen molar-refractivity contribution in [2.24, 2.45) is 0 Å². The van der Waals surface area contributed by atoms with Crippen molar-refractivity contribution in [1.82, 2.24) is 10.2 Å². The van der Waals surface area contributed by atoms with Gasteiger partial charge in [0.25, 0.3) is 0 Å². The van der Waals surface area contributed by atoms with Crippen molar-refractivity contribution in [2.45, 2.75) is 31.5 Å². The average Bonchev–Trinajstić information content (AvgIpc) is 2.90. The van der Waals surface area contributed by atoms with Gasteiger partial charge in [0.15, 0.2) is 0 Å². The predicted octanol–water partition coefficient (Wildman–Crippen LogP) is 3.31. The van der Waals surface area contributed by atoms with Crippen molar-refractivity contribution >= 4 is 24.3 Å². The fourth-order valence-corrected chi connectivity index (χ4v) is 3.63. The molecule has 3 aromatic carbocycles. The zero-order valence-electron chi connectivity index (χ0n) is 19.4. The van der Waals surface area contributed by atoms with E-state index in [0.29, 0.717) is 5.56 Å². The van der Waals surface area contributed by atoms with Gasteiger partial charge in [-0.15, -0.1) is 0 Å². The highest BCUT2D eigenvalue weighted by Gasteiger charge is 2.40. The third-order valence-corrected chi connectivity index (χ3v) is 5.41. The zero-order valence-corrected chi connectivity index (χ0v) is 19.4. The summed E-state index contributed by atoms with van der Waals surface area (Å²) in [6, 6.07) is 24.2. The van der Waals surface area contributed by atoms with E-state index in [4.69, 9.17) is 4.74 Å². The highest BCUT2D eigenvalue weighted by molar-refractivity contribution is 5.96. The molecular weight excluding hydrogens is 460 g/mol. The van der Waals surface area contributed by atoms with Gasteiger partial charge in [0, 0.05) is 12.8 Å². The van der Waals surface area contributed by atoms with Gasteiger partial charge in [-0.25, -0.2) is 14.4 Å². The number of rotatable bonds is 11. The smallest absolute Gasteiger partial charge is 0.408 e. The topological polar surface area (TPSA) is 132 Å². The van der Waals surface area contributed by atoms with E-state index in [-0.39, 0.29) is 19.4 Å². The van der Waals surface area contributed by atoms with Gasteiger partial charge in [-0.3, -0.25) is 0 Å². The lowest BCUT2D eigenvalue weighted by atomic mass is 10.0. The predicted molar refractivity (Wildman–Crippen MR) is 132 cm³/mol. The van der Waals surface area contributed by atoms with Crippen LogP contribution in [0.1, 0.15) is 16.7 Å². The molecular formula is C27H26N4O5. The molecule has 0 aromatic heterocycles. The Morgan fingerprint density at radius 3 is 1.86 bits per heavy atom. The number of aliphatic carboxylic acids is 1. The number of carboxylic acid groups (broad SMARTS) is 1. The number of alkyl carbamates (subject to hydrolysis) is 1. The Hall–Kier alpha value is -4.75. The van der Waals surface area contributed by atoms with Crippen LogP contribution in [0.3, 0.4) is 0 Å². The second-order valence-electron chi connectivity index (χ2n) is 7.97. The molecule has 0 spiro atoms. The van der Waals surface area contributed by atoms with Gasteiger partial charge < -0.3 is 25.5 Å². The van der Waals surface area contributed by atoms with E-state index in [1.54, 1.807) is 66.7 Å². The van der Waals surface area contributed by atoms with Crippen LogP contribution < -0.4 is 5.32 Å². The molecule has 0 radical (unpaired) electrons. The van der Waals surface area contributed by atoms with Crippen molar-refractivity contribution in [2.75, 3.05) is 0 Å². The van der Waals surface area contributed by atoms with Crippen molar-refractivity contribution in [3.05, 3.63) is 113 Å². The minimum atomic E-state index is -1.38. The SMILES string of the molecule is [N-]=[N+]=CN(C(=O)[C@H](Cc1ccccc1)NC(=O)OCc1ccccc1)[C@@H](Cc1ccccc1)C(=O)O. The summed E-state index contributed by atoms with van der Waals surface area (Å²) in [5.41, 5.74) is 11.4. The quantitative estimate of drug-likeness (QED) is 0.186. The lowest BCUT2D eigenvalue weighted by Crippen LogP contribution is -2.55. The molecule has 0 aliphatic heterocycles. The van der Waals surface area contributed by atoms with Gasteiger partial charge in [0.1, 0.15) is 12.6 Å². The third kappa shape index (κ3) is 7.65. The Bertz CT molecular complexity index is 1200. The number of benzene rings is 3. The fraction of sp³-hybridized carbons (Fsp3) is 0.185. The van der Waals surface area contributed by atoms with E-state index >= 15 is 0 Å². The Balaban J connectivity index is 1.83. The van der Waals surface area contributed by atoms with E-state index < -0.39 is 30.1 Å². The van der Waals surface area contributed by atoms with Gasteiger partial charge in [-0.05, 0) is 16.7 Å². The number of amides is 2.